The number of aryl methyl sites for hydroxylation is 1. The van der Waals surface area contributed by atoms with Crippen molar-refractivity contribution in [1.29, 1.82) is 0 Å². The number of methoxy groups -OCH3 is 1. The Kier molecular flexibility index (Phi) is 6.16. The topological polar surface area (TPSA) is 120 Å². The SMILES string of the molecule is COc1cccc(F)c1-c1nc2c(cc1Cl)c(O)c([N+](=O)[O-])c(=O)n2-c1c(C)ccnc1C(C)C. The highest BCUT2D eigenvalue weighted by molar-refractivity contribution is 6.34. The van der Waals surface area contributed by atoms with E-state index < -0.39 is 27.7 Å². The summed E-state index contributed by atoms with van der Waals surface area (Å²) in [7, 11) is 1.35. The quantitative estimate of drug-likeness (QED) is 0.293. The predicted molar refractivity (Wildman–Crippen MR) is 129 cm³/mol. The Morgan fingerprint density at radius 1 is 1.29 bits per heavy atom. The number of halogens is 2. The second-order valence-corrected chi connectivity index (χ2v) is 8.53. The van der Waals surface area contributed by atoms with E-state index in [2.05, 4.69) is 9.97 Å². The van der Waals surface area contributed by atoms with Crippen LogP contribution < -0.4 is 10.3 Å². The van der Waals surface area contributed by atoms with E-state index in [1.54, 1.807) is 19.2 Å². The summed E-state index contributed by atoms with van der Waals surface area (Å²) in [6.45, 7) is 5.43. The molecule has 0 fully saturated rings. The molecule has 0 saturated heterocycles. The molecular weight excluding hydrogens is 479 g/mol. The van der Waals surface area contributed by atoms with Gasteiger partial charge in [0.1, 0.15) is 11.6 Å². The minimum Gasteiger partial charge on any atom is -0.501 e. The summed E-state index contributed by atoms with van der Waals surface area (Å²) >= 11 is 6.43. The van der Waals surface area contributed by atoms with E-state index in [0.717, 1.165) is 4.57 Å². The Hall–Kier alpha value is -4.05. The van der Waals surface area contributed by atoms with E-state index in [1.807, 2.05) is 13.8 Å². The zero-order valence-electron chi connectivity index (χ0n) is 19.2. The Morgan fingerprint density at radius 2 is 2.00 bits per heavy atom. The molecule has 0 atom stereocenters. The van der Waals surface area contributed by atoms with Crippen molar-refractivity contribution < 1.29 is 19.2 Å². The summed E-state index contributed by atoms with van der Waals surface area (Å²) in [6, 6.07) is 7.02. The van der Waals surface area contributed by atoms with Crippen molar-refractivity contribution in [1.82, 2.24) is 14.5 Å². The normalized spacial score (nSPS) is 11.3. The van der Waals surface area contributed by atoms with E-state index in [1.165, 1.54) is 31.4 Å². The van der Waals surface area contributed by atoms with Gasteiger partial charge in [-0.3, -0.25) is 24.5 Å². The number of benzene rings is 1. The van der Waals surface area contributed by atoms with Gasteiger partial charge < -0.3 is 9.84 Å². The van der Waals surface area contributed by atoms with Crippen LogP contribution in [0.15, 0.2) is 41.3 Å². The molecule has 35 heavy (non-hydrogen) atoms. The first kappa shape index (κ1) is 24.1. The van der Waals surface area contributed by atoms with Crippen molar-refractivity contribution in [2.45, 2.75) is 26.7 Å². The molecule has 4 rings (SSSR count). The number of aromatic hydroxyl groups is 1. The minimum absolute atomic E-state index is 0.0641. The molecule has 0 aliphatic rings. The number of nitrogens with zero attached hydrogens (tertiary/aromatic N) is 4. The third-order valence-electron chi connectivity index (χ3n) is 5.59. The lowest BCUT2D eigenvalue weighted by molar-refractivity contribution is -0.387. The van der Waals surface area contributed by atoms with E-state index in [0.29, 0.717) is 11.3 Å². The first-order valence-corrected chi connectivity index (χ1v) is 10.9. The van der Waals surface area contributed by atoms with Gasteiger partial charge in [0.2, 0.25) is 5.75 Å². The van der Waals surface area contributed by atoms with Crippen LogP contribution >= 0.6 is 11.6 Å². The molecule has 0 aliphatic heterocycles. The average molecular weight is 499 g/mol. The lowest BCUT2D eigenvalue weighted by Gasteiger charge is -2.19. The van der Waals surface area contributed by atoms with Crippen molar-refractivity contribution in [2.75, 3.05) is 7.11 Å². The molecule has 180 valence electrons. The first-order chi connectivity index (χ1) is 16.6. The first-order valence-electron chi connectivity index (χ1n) is 10.5. The fourth-order valence-electron chi connectivity index (χ4n) is 3.99. The molecule has 9 nitrogen and oxygen atoms in total. The summed E-state index contributed by atoms with van der Waals surface area (Å²) in [6.07, 6.45) is 1.57. The monoisotopic (exact) mass is 498 g/mol. The van der Waals surface area contributed by atoms with Gasteiger partial charge in [-0.25, -0.2) is 9.37 Å². The van der Waals surface area contributed by atoms with Crippen LogP contribution in [0.25, 0.3) is 28.0 Å². The number of nitro groups is 1. The molecule has 0 aliphatic carbocycles. The molecule has 11 heteroatoms. The summed E-state index contributed by atoms with van der Waals surface area (Å²) in [5.41, 5.74) is -1.08. The molecule has 0 spiro atoms. The van der Waals surface area contributed by atoms with E-state index in [4.69, 9.17) is 16.3 Å². The fraction of sp³-hybridized carbons (Fsp3) is 0.208. The van der Waals surface area contributed by atoms with E-state index >= 15 is 0 Å². The van der Waals surface area contributed by atoms with Gasteiger partial charge in [0.15, 0.2) is 5.65 Å². The smallest absolute Gasteiger partial charge is 0.376 e. The highest BCUT2D eigenvalue weighted by atomic mass is 35.5. The van der Waals surface area contributed by atoms with Crippen LogP contribution in [-0.2, 0) is 0 Å². The molecular formula is C24H20ClFN4O5. The Labute approximate surface area is 203 Å². The Morgan fingerprint density at radius 3 is 2.63 bits per heavy atom. The molecule has 4 aromatic rings. The van der Waals surface area contributed by atoms with Gasteiger partial charge in [-0.2, -0.15) is 0 Å². The summed E-state index contributed by atoms with van der Waals surface area (Å²) in [5.74, 6) is -1.60. The molecule has 0 saturated carbocycles. The predicted octanol–water partition coefficient (Wildman–Crippen LogP) is 5.29. The van der Waals surface area contributed by atoms with Crippen LogP contribution in [0.2, 0.25) is 5.02 Å². The second kappa shape index (κ2) is 8.95. The van der Waals surface area contributed by atoms with Crippen LogP contribution in [0.5, 0.6) is 11.5 Å². The molecule has 1 N–H and O–H groups in total. The molecule has 0 amide bonds. The molecule has 0 radical (unpaired) electrons. The number of fused-ring (bicyclic) bond motifs is 1. The van der Waals surface area contributed by atoms with Crippen LogP contribution in [0, 0.1) is 22.9 Å². The maximum atomic E-state index is 14.9. The number of hydrogen-bond acceptors (Lipinski definition) is 7. The van der Waals surface area contributed by atoms with Gasteiger partial charge in [0, 0.05) is 6.20 Å². The standard InChI is InChI=1S/C24H20ClFN4O5/c1-11(2)18-20(12(3)8-9-27-18)29-23-13(22(31)21(24(29)32)30(33)34)10-14(25)19(28-23)17-15(26)6-5-7-16(17)35-4/h5-11,31H,1-4H3. The number of ether oxygens (including phenoxy) is 1. The Bertz CT molecular complexity index is 1570. The zero-order chi connectivity index (χ0) is 25.6. The Balaban J connectivity index is 2.27. The van der Waals surface area contributed by atoms with Gasteiger partial charge in [-0.05, 0) is 42.7 Å². The largest absolute Gasteiger partial charge is 0.501 e. The molecule has 0 unspecified atom stereocenters. The zero-order valence-corrected chi connectivity index (χ0v) is 19.9. The average Bonchev–Trinajstić information content (AvgIpc) is 2.79. The molecule has 3 heterocycles. The third-order valence-corrected chi connectivity index (χ3v) is 5.88. The van der Waals surface area contributed by atoms with Gasteiger partial charge in [0.25, 0.3) is 0 Å². The number of hydrogen-bond donors (Lipinski definition) is 1. The van der Waals surface area contributed by atoms with E-state index in [-0.39, 0.29) is 44.7 Å². The van der Waals surface area contributed by atoms with Crippen molar-refractivity contribution >= 4 is 28.3 Å². The maximum absolute atomic E-state index is 14.9. The van der Waals surface area contributed by atoms with Crippen molar-refractivity contribution in [3.05, 3.63) is 79.1 Å². The third kappa shape index (κ3) is 3.85. The summed E-state index contributed by atoms with van der Waals surface area (Å²) < 4.78 is 21.2. The van der Waals surface area contributed by atoms with Gasteiger partial charge in [-0.15, -0.1) is 0 Å². The number of aromatic nitrogens is 3. The fourth-order valence-corrected chi connectivity index (χ4v) is 4.24. The van der Waals surface area contributed by atoms with Crippen LogP contribution in [0.4, 0.5) is 10.1 Å². The van der Waals surface area contributed by atoms with Crippen LogP contribution in [0.1, 0.15) is 31.0 Å². The van der Waals surface area contributed by atoms with Gasteiger partial charge in [0.05, 0.1) is 45.1 Å². The maximum Gasteiger partial charge on any atom is 0.376 e. The van der Waals surface area contributed by atoms with Crippen LogP contribution in [0.3, 0.4) is 0 Å². The minimum atomic E-state index is -1.11. The number of rotatable bonds is 5. The lowest BCUT2D eigenvalue weighted by Crippen LogP contribution is -2.25. The lowest BCUT2D eigenvalue weighted by atomic mass is 10.0. The summed E-state index contributed by atoms with van der Waals surface area (Å²) in [5, 5.41) is 22.2. The van der Waals surface area contributed by atoms with Gasteiger partial charge >= 0.3 is 11.2 Å². The second-order valence-electron chi connectivity index (χ2n) is 8.12. The van der Waals surface area contributed by atoms with Crippen molar-refractivity contribution in [2.24, 2.45) is 0 Å². The number of pyridine rings is 3. The van der Waals surface area contributed by atoms with Crippen molar-refractivity contribution in [3.8, 4) is 28.4 Å². The molecule has 1 aromatic carbocycles. The molecule has 3 aromatic heterocycles. The highest BCUT2D eigenvalue weighted by Crippen LogP contribution is 2.41. The van der Waals surface area contributed by atoms with Crippen LogP contribution in [-0.4, -0.2) is 31.7 Å². The molecule has 0 bridgehead atoms. The van der Waals surface area contributed by atoms with E-state index in [9.17, 15) is 24.4 Å². The summed E-state index contributed by atoms with van der Waals surface area (Å²) in [4.78, 5) is 33.1. The highest BCUT2D eigenvalue weighted by Gasteiger charge is 2.30. The van der Waals surface area contributed by atoms with Gasteiger partial charge in [-0.1, -0.05) is 31.5 Å². The van der Waals surface area contributed by atoms with Crippen molar-refractivity contribution in [3.63, 3.8) is 0 Å².